The second-order valence-corrected chi connectivity index (χ2v) is 9.82. The Labute approximate surface area is 191 Å². The maximum Gasteiger partial charge on any atom is 0.223 e. The summed E-state index contributed by atoms with van der Waals surface area (Å²) < 4.78 is 11.3. The number of ether oxygens (including phenoxy) is 1. The summed E-state index contributed by atoms with van der Waals surface area (Å²) in [5, 5.41) is 0. The van der Waals surface area contributed by atoms with Gasteiger partial charge in [-0.2, -0.15) is 0 Å². The van der Waals surface area contributed by atoms with Crippen molar-refractivity contribution in [1.82, 2.24) is 9.80 Å². The zero-order valence-corrected chi connectivity index (χ0v) is 19.1. The van der Waals surface area contributed by atoms with E-state index in [2.05, 4.69) is 34.1 Å². The molecule has 1 aromatic heterocycles. The maximum atomic E-state index is 13.1. The molecule has 5 heteroatoms. The molecule has 1 aromatic carbocycles. The summed E-state index contributed by atoms with van der Waals surface area (Å²) in [4.78, 5) is 17.9. The first kappa shape index (κ1) is 21.7. The molecule has 0 bridgehead atoms. The lowest BCUT2D eigenvalue weighted by Gasteiger charge is -2.38. The number of hydrogen-bond donors (Lipinski definition) is 0. The number of benzene rings is 1. The molecule has 2 aromatic rings. The quantitative estimate of drug-likeness (QED) is 0.625. The van der Waals surface area contributed by atoms with Crippen molar-refractivity contribution in [3.8, 4) is 0 Å². The molecule has 1 amide bonds. The molecule has 2 fully saturated rings. The van der Waals surface area contributed by atoms with Crippen molar-refractivity contribution in [2.45, 2.75) is 63.5 Å². The molecule has 32 heavy (non-hydrogen) atoms. The summed E-state index contributed by atoms with van der Waals surface area (Å²) in [5.74, 6) is 1.72. The normalized spacial score (nSPS) is 22.3. The maximum absolute atomic E-state index is 13.1. The van der Waals surface area contributed by atoms with Crippen LogP contribution in [0.4, 0.5) is 0 Å². The molecule has 0 radical (unpaired) electrons. The van der Waals surface area contributed by atoms with E-state index in [-0.39, 0.29) is 12.0 Å². The van der Waals surface area contributed by atoms with Crippen LogP contribution in [0.5, 0.6) is 0 Å². The number of carbonyl (C=O) groups excluding carboxylic acids is 1. The van der Waals surface area contributed by atoms with Gasteiger partial charge in [0.25, 0.3) is 0 Å². The highest BCUT2D eigenvalue weighted by Gasteiger charge is 2.31. The van der Waals surface area contributed by atoms with Crippen molar-refractivity contribution < 1.29 is 13.9 Å². The minimum Gasteiger partial charge on any atom is -0.469 e. The highest BCUT2D eigenvalue weighted by molar-refractivity contribution is 5.76. The molecule has 2 aliphatic heterocycles. The Balaban J connectivity index is 1.13. The average Bonchev–Trinajstić information content (AvgIpc) is 3.59. The van der Waals surface area contributed by atoms with E-state index in [1.165, 1.54) is 36.8 Å². The van der Waals surface area contributed by atoms with E-state index in [1.54, 1.807) is 6.26 Å². The monoisotopic (exact) mass is 436 g/mol. The number of nitrogens with zero attached hydrogens (tertiary/aromatic N) is 2. The molecule has 0 saturated carbocycles. The number of hydrogen-bond acceptors (Lipinski definition) is 4. The lowest BCUT2D eigenvalue weighted by molar-refractivity contribution is -0.133. The zero-order valence-electron chi connectivity index (χ0n) is 19.1. The van der Waals surface area contributed by atoms with Gasteiger partial charge in [-0.3, -0.25) is 9.69 Å². The van der Waals surface area contributed by atoms with Crippen LogP contribution in [-0.4, -0.2) is 60.6 Å². The zero-order chi connectivity index (χ0) is 21.8. The molecular weight excluding hydrogens is 400 g/mol. The van der Waals surface area contributed by atoms with Gasteiger partial charge in [0, 0.05) is 38.6 Å². The van der Waals surface area contributed by atoms with Gasteiger partial charge in [-0.15, -0.1) is 0 Å². The van der Waals surface area contributed by atoms with Crippen molar-refractivity contribution in [3.63, 3.8) is 0 Å². The third-order valence-electron chi connectivity index (χ3n) is 7.64. The Morgan fingerprint density at radius 2 is 1.78 bits per heavy atom. The summed E-state index contributed by atoms with van der Waals surface area (Å²) in [6.07, 6.45) is 10.0. The molecule has 1 atom stereocenters. The van der Waals surface area contributed by atoms with Crippen molar-refractivity contribution in [3.05, 3.63) is 59.5 Å². The second-order valence-electron chi connectivity index (χ2n) is 9.82. The first-order valence-corrected chi connectivity index (χ1v) is 12.5. The van der Waals surface area contributed by atoms with Gasteiger partial charge < -0.3 is 14.1 Å². The summed E-state index contributed by atoms with van der Waals surface area (Å²) in [7, 11) is 0. The number of aryl methyl sites for hydroxylation is 1. The molecule has 3 aliphatic rings. The summed E-state index contributed by atoms with van der Waals surface area (Å²) >= 11 is 0. The van der Waals surface area contributed by atoms with E-state index in [4.69, 9.17) is 9.15 Å². The first-order valence-electron chi connectivity index (χ1n) is 12.5. The molecular formula is C27H36N2O3. The van der Waals surface area contributed by atoms with E-state index < -0.39 is 0 Å². The van der Waals surface area contributed by atoms with Crippen LogP contribution in [0.1, 0.15) is 49.0 Å². The molecule has 0 unspecified atom stereocenters. The number of furan rings is 1. The molecule has 2 saturated heterocycles. The topological polar surface area (TPSA) is 45.9 Å². The number of carbonyl (C=O) groups is 1. The first-order chi connectivity index (χ1) is 15.7. The highest BCUT2D eigenvalue weighted by Crippen LogP contribution is 2.29. The van der Waals surface area contributed by atoms with E-state index in [0.29, 0.717) is 24.8 Å². The molecule has 172 valence electrons. The van der Waals surface area contributed by atoms with E-state index in [9.17, 15) is 4.79 Å². The van der Waals surface area contributed by atoms with Gasteiger partial charge in [-0.1, -0.05) is 24.3 Å². The molecule has 3 heterocycles. The van der Waals surface area contributed by atoms with Crippen LogP contribution in [0.15, 0.2) is 47.1 Å². The fraction of sp³-hybridized carbons (Fsp3) is 0.593. The van der Waals surface area contributed by atoms with Crippen LogP contribution in [0.3, 0.4) is 0 Å². The van der Waals surface area contributed by atoms with Gasteiger partial charge in [0.2, 0.25) is 5.91 Å². The molecule has 0 N–H and O–H groups in total. The molecule has 1 aliphatic carbocycles. The SMILES string of the molecule is O=C(CCc1ccco1)N(CC1CCN(C2Cc3ccccc3C2)CC1)C[C@H]1CCCO1. The van der Waals surface area contributed by atoms with Crippen LogP contribution in [-0.2, 0) is 28.8 Å². The minimum absolute atomic E-state index is 0.208. The number of likely N-dealkylation sites (tertiary alicyclic amines) is 1. The lowest BCUT2D eigenvalue weighted by atomic mass is 9.94. The number of rotatable bonds is 8. The van der Waals surface area contributed by atoms with Crippen molar-refractivity contribution >= 4 is 5.91 Å². The number of amides is 1. The Kier molecular flexibility index (Phi) is 6.94. The third-order valence-corrected chi connectivity index (χ3v) is 7.64. The van der Waals surface area contributed by atoms with Crippen LogP contribution in [0.25, 0.3) is 0 Å². The largest absolute Gasteiger partial charge is 0.469 e. The Morgan fingerprint density at radius 3 is 2.44 bits per heavy atom. The number of fused-ring (bicyclic) bond motifs is 1. The average molecular weight is 437 g/mol. The summed E-state index contributed by atoms with van der Waals surface area (Å²) in [5.41, 5.74) is 3.06. The fourth-order valence-electron chi connectivity index (χ4n) is 5.76. The smallest absolute Gasteiger partial charge is 0.223 e. The predicted octanol–water partition coefficient (Wildman–Crippen LogP) is 4.10. The Morgan fingerprint density at radius 1 is 1.00 bits per heavy atom. The van der Waals surface area contributed by atoms with Gasteiger partial charge >= 0.3 is 0 Å². The molecule has 5 nitrogen and oxygen atoms in total. The van der Waals surface area contributed by atoms with Crippen molar-refractivity contribution in [2.75, 3.05) is 32.8 Å². The van der Waals surface area contributed by atoms with Crippen molar-refractivity contribution in [1.29, 1.82) is 0 Å². The van der Waals surface area contributed by atoms with E-state index >= 15 is 0 Å². The molecule has 0 spiro atoms. The highest BCUT2D eigenvalue weighted by atomic mass is 16.5. The van der Waals surface area contributed by atoms with E-state index in [1.807, 2.05) is 12.1 Å². The van der Waals surface area contributed by atoms with Gasteiger partial charge in [0.05, 0.1) is 12.4 Å². The number of piperidine rings is 1. The fourth-order valence-corrected chi connectivity index (χ4v) is 5.76. The second kappa shape index (κ2) is 10.2. The minimum atomic E-state index is 0.208. The van der Waals surface area contributed by atoms with E-state index in [0.717, 1.165) is 51.4 Å². The molecule has 5 rings (SSSR count). The van der Waals surface area contributed by atoms with Crippen LogP contribution in [0.2, 0.25) is 0 Å². The Bertz CT molecular complexity index is 842. The summed E-state index contributed by atoms with van der Waals surface area (Å²) in [6.45, 7) is 4.75. The predicted molar refractivity (Wildman–Crippen MR) is 125 cm³/mol. The van der Waals surface area contributed by atoms with Crippen LogP contribution in [0, 0.1) is 5.92 Å². The van der Waals surface area contributed by atoms with Crippen LogP contribution >= 0.6 is 0 Å². The van der Waals surface area contributed by atoms with Gasteiger partial charge in [0.15, 0.2) is 0 Å². The van der Waals surface area contributed by atoms with Crippen LogP contribution < -0.4 is 0 Å². The van der Waals surface area contributed by atoms with Crippen molar-refractivity contribution in [2.24, 2.45) is 5.92 Å². The summed E-state index contributed by atoms with van der Waals surface area (Å²) in [6, 6.07) is 13.4. The standard InChI is InChI=1S/C27H36N2O3/c30-27(10-9-25-7-3-15-31-25)29(20-26-8-4-16-32-26)19-21-11-13-28(14-12-21)24-17-22-5-1-2-6-23(22)18-24/h1-3,5-7,15,21,24,26H,4,8-14,16-20H2/t26-/m1/s1. The lowest BCUT2D eigenvalue weighted by Crippen LogP contribution is -2.46. The van der Waals surface area contributed by atoms with Gasteiger partial charge in [-0.25, -0.2) is 0 Å². The van der Waals surface area contributed by atoms with Gasteiger partial charge in [-0.05, 0) is 80.8 Å². The Hall–Kier alpha value is -2.11. The third kappa shape index (κ3) is 5.26. The van der Waals surface area contributed by atoms with Gasteiger partial charge in [0.1, 0.15) is 5.76 Å².